The fourth-order valence-electron chi connectivity index (χ4n) is 3.11. The minimum Gasteiger partial charge on any atom is -0.364 e. The van der Waals surface area contributed by atoms with Crippen molar-refractivity contribution < 1.29 is 4.79 Å². The van der Waals surface area contributed by atoms with Gasteiger partial charge >= 0.3 is 6.03 Å². The fraction of sp³-hybridized carbons (Fsp3) is 0.550. The molecule has 0 spiro atoms. The van der Waals surface area contributed by atoms with Crippen LogP contribution in [-0.4, -0.2) is 47.9 Å². The first-order chi connectivity index (χ1) is 12.4. The van der Waals surface area contributed by atoms with E-state index in [2.05, 4.69) is 60.0 Å². The average Bonchev–Trinajstić information content (AvgIpc) is 3.15. The van der Waals surface area contributed by atoms with Crippen molar-refractivity contribution >= 4 is 29.4 Å². The molecule has 1 fully saturated rings. The van der Waals surface area contributed by atoms with E-state index in [0.29, 0.717) is 6.04 Å². The summed E-state index contributed by atoms with van der Waals surface area (Å²) in [6.45, 7) is 10.1. The molecule has 1 aromatic rings. The molecule has 0 bridgehead atoms. The highest BCUT2D eigenvalue weighted by molar-refractivity contribution is 7.98. The van der Waals surface area contributed by atoms with E-state index in [1.165, 1.54) is 5.69 Å². The topological polar surface area (TPSA) is 47.6 Å². The van der Waals surface area contributed by atoms with Gasteiger partial charge in [0.2, 0.25) is 0 Å². The Hall–Kier alpha value is -1.66. The molecule has 2 amide bonds. The van der Waals surface area contributed by atoms with E-state index >= 15 is 0 Å². The molecule has 6 heteroatoms. The van der Waals surface area contributed by atoms with Gasteiger partial charge in [0.15, 0.2) is 0 Å². The largest absolute Gasteiger partial charge is 0.364 e. The molecule has 0 radical (unpaired) electrons. The molecule has 2 aliphatic rings. The highest BCUT2D eigenvalue weighted by Crippen LogP contribution is 2.23. The van der Waals surface area contributed by atoms with Gasteiger partial charge in [-0.05, 0) is 57.9 Å². The van der Waals surface area contributed by atoms with Crippen LogP contribution in [0.5, 0.6) is 0 Å². The summed E-state index contributed by atoms with van der Waals surface area (Å²) in [5.41, 5.74) is 2.05. The molecule has 3 rings (SSSR count). The summed E-state index contributed by atoms with van der Waals surface area (Å²) < 4.78 is 3.77. The first-order valence-electron chi connectivity index (χ1n) is 9.40. The summed E-state index contributed by atoms with van der Waals surface area (Å²) in [4.78, 5) is 16.7. The van der Waals surface area contributed by atoms with Crippen LogP contribution in [0.3, 0.4) is 0 Å². The van der Waals surface area contributed by atoms with Crippen LogP contribution in [0.4, 0.5) is 16.2 Å². The highest BCUT2D eigenvalue weighted by atomic mass is 32.2. The Bertz CT molecular complexity index is 622. The number of urea groups is 1. The Kier molecular flexibility index (Phi) is 6.14. The van der Waals surface area contributed by atoms with E-state index in [4.69, 9.17) is 0 Å². The van der Waals surface area contributed by atoms with Gasteiger partial charge in [-0.15, -0.1) is 0 Å². The maximum absolute atomic E-state index is 12.5. The average molecular weight is 375 g/mol. The van der Waals surface area contributed by atoms with Crippen LogP contribution >= 0.6 is 11.9 Å². The molecule has 0 unspecified atom stereocenters. The molecule has 2 N–H and O–H groups in total. The maximum Gasteiger partial charge on any atom is 0.321 e. The number of carbonyl (C=O) groups is 1. The van der Waals surface area contributed by atoms with E-state index in [1.807, 2.05) is 17.0 Å². The standard InChI is InChI=1S/C20H30N4OS/c1-20(2,3)26-22-17-10-14-24(15-11-17)19(25)21-16-6-8-18(9-7-16)23-12-4-5-13-23/h4-9,17,22H,10-15H2,1-3H3,(H,21,25). The molecule has 0 atom stereocenters. The first-order valence-corrected chi connectivity index (χ1v) is 10.2. The normalized spacial score (nSPS) is 18.4. The van der Waals surface area contributed by atoms with Gasteiger partial charge < -0.3 is 15.1 Å². The molecule has 1 saturated heterocycles. The summed E-state index contributed by atoms with van der Waals surface area (Å²) in [5.74, 6) is 0. The van der Waals surface area contributed by atoms with Gasteiger partial charge in [-0.1, -0.05) is 24.1 Å². The van der Waals surface area contributed by atoms with Crippen molar-refractivity contribution in [1.82, 2.24) is 9.62 Å². The van der Waals surface area contributed by atoms with Gasteiger partial charge in [0.1, 0.15) is 0 Å². The highest BCUT2D eigenvalue weighted by Gasteiger charge is 2.24. The number of anilines is 2. The first kappa shape index (κ1) is 19.1. The SMILES string of the molecule is CC(C)(C)SNC1CCN(C(=O)Nc2ccc(N3CC=CC3)cc2)CC1. The molecular weight excluding hydrogens is 344 g/mol. The summed E-state index contributed by atoms with van der Waals surface area (Å²) in [7, 11) is 0. The minimum atomic E-state index is 0.00233. The van der Waals surface area contributed by atoms with Crippen LogP contribution in [0.15, 0.2) is 36.4 Å². The Labute approximate surface area is 161 Å². The molecule has 2 heterocycles. The zero-order valence-corrected chi connectivity index (χ0v) is 16.8. The molecule has 0 aliphatic carbocycles. The van der Waals surface area contributed by atoms with E-state index in [1.54, 1.807) is 11.9 Å². The van der Waals surface area contributed by atoms with Crippen molar-refractivity contribution in [2.75, 3.05) is 36.4 Å². The lowest BCUT2D eigenvalue weighted by Crippen LogP contribution is -2.45. The van der Waals surface area contributed by atoms with Crippen LogP contribution in [0.2, 0.25) is 0 Å². The number of nitrogens with one attached hydrogen (secondary N) is 2. The molecule has 142 valence electrons. The molecule has 1 aromatic carbocycles. The van der Waals surface area contributed by atoms with E-state index in [0.717, 1.165) is 44.7 Å². The van der Waals surface area contributed by atoms with Gasteiger partial charge in [-0.25, -0.2) is 4.79 Å². The number of amides is 2. The van der Waals surface area contributed by atoms with Crippen LogP contribution in [0, 0.1) is 0 Å². The fourth-order valence-corrected chi connectivity index (χ4v) is 3.86. The Morgan fingerprint density at radius 2 is 1.69 bits per heavy atom. The monoisotopic (exact) mass is 374 g/mol. The van der Waals surface area contributed by atoms with Crippen molar-refractivity contribution in [3.8, 4) is 0 Å². The number of likely N-dealkylation sites (tertiary alicyclic amines) is 1. The van der Waals surface area contributed by atoms with Crippen molar-refractivity contribution in [2.24, 2.45) is 0 Å². The maximum atomic E-state index is 12.5. The quantitative estimate of drug-likeness (QED) is 0.615. The summed E-state index contributed by atoms with van der Waals surface area (Å²) >= 11 is 1.79. The smallest absolute Gasteiger partial charge is 0.321 e. The number of rotatable bonds is 4. The van der Waals surface area contributed by atoms with Crippen LogP contribution in [0.25, 0.3) is 0 Å². The van der Waals surface area contributed by atoms with Crippen LogP contribution in [0.1, 0.15) is 33.6 Å². The molecule has 2 aliphatic heterocycles. The number of benzene rings is 1. The lowest BCUT2D eigenvalue weighted by Gasteiger charge is -2.33. The van der Waals surface area contributed by atoms with Gasteiger partial charge in [0.05, 0.1) is 0 Å². The molecular formula is C20H30N4OS. The minimum absolute atomic E-state index is 0.00233. The third kappa shape index (κ3) is 5.42. The number of piperidine rings is 1. The van der Waals surface area contributed by atoms with Gasteiger partial charge in [-0.3, -0.25) is 4.72 Å². The summed E-state index contributed by atoms with van der Waals surface area (Å²) in [5, 5.41) is 3.03. The Morgan fingerprint density at radius 1 is 1.08 bits per heavy atom. The van der Waals surface area contributed by atoms with Gasteiger partial charge in [-0.2, -0.15) is 0 Å². The van der Waals surface area contributed by atoms with Crippen molar-refractivity contribution in [2.45, 2.75) is 44.4 Å². The number of hydrogen-bond acceptors (Lipinski definition) is 4. The second kappa shape index (κ2) is 8.35. The third-order valence-electron chi connectivity index (χ3n) is 4.62. The molecule has 0 saturated carbocycles. The molecule has 0 aromatic heterocycles. The van der Waals surface area contributed by atoms with E-state index in [-0.39, 0.29) is 10.8 Å². The van der Waals surface area contributed by atoms with Gasteiger partial charge in [0, 0.05) is 48.3 Å². The second-order valence-corrected chi connectivity index (χ2v) is 9.61. The lowest BCUT2D eigenvalue weighted by molar-refractivity contribution is 0.193. The van der Waals surface area contributed by atoms with Crippen molar-refractivity contribution in [1.29, 1.82) is 0 Å². The lowest BCUT2D eigenvalue weighted by atomic mass is 10.1. The van der Waals surface area contributed by atoms with Crippen molar-refractivity contribution in [3.63, 3.8) is 0 Å². The number of carbonyl (C=O) groups excluding carboxylic acids is 1. The number of hydrogen-bond donors (Lipinski definition) is 2. The summed E-state index contributed by atoms with van der Waals surface area (Å²) in [6, 6.07) is 8.60. The number of nitrogens with zero attached hydrogens (tertiary/aromatic N) is 2. The van der Waals surface area contributed by atoms with Crippen LogP contribution < -0.4 is 14.9 Å². The van der Waals surface area contributed by atoms with Crippen LogP contribution in [-0.2, 0) is 0 Å². The second-order valence-electron chi connectivity index (χ2n) is 7.95. The third-order valence-corrected chi connectivity index (χ3v) is 5.68. The van der Waals surface area contributed by atoms with Crippen molar-refractivity contribution in [3.05, 3.63) is 36.4 Å². The van der Waals surface area contributed by atoms with E-state index < -0.39 is 0 Å². The van der Waals surface area contributed by atoms with E-state index in [9.17, 15) is 4.79 Å². The molecule has 26 heavy (non-hydrogen) atoms. The Morgan fingerprint density at radius 3 is 2.27 bits per heavy atom. The zero-order valence-electron chi connectivity index (χ0n) is 16.0. The molecule has 5 nitrogen and oxygen atoms in total. The predicted molar refractivity (Wildman–Crippen MR) is 112 cm³/mol. The zero-order chi connectivity index (χ0) is 18.6. The van der Waals surface area contributed by atoms with Gasteiger partial charge in [0.25, 0.3) is 0 Å². The summed E-state index contributed by atoms with van der Waals surface area (Å²) in [6.07, 6.45) is 6.34. The predicted octanol–water partition coefficient (Wildman–Crippen LogP) is 4.10. The Balaban J connectivity index is 1.44.